The third kappa shape index (κ3) is 4.98. The molecule has 3 aromatic carbocycles. The van der Waals surface area contributed by atoms with Crippen LogP contribution in [0.4, 0.5) is 5.69 Å². The number of para-hydroxylation sites is 1. The third-order valence-corrected chi connectivity index (χ3v) is 6.45. The topological polar surface area (TPSA) is 69.0 Å². The van der Waals surface area contributed by atoms with E-state index in [-0.39, 0.29) is 11.7 Å². The van der Waals surface area contributed by atoms with E-state index in [0.717, 1.165) is 15.7 Å². The molecule has 0 aliphatic rings. The van der Waals surface area contributed by atoms with E-state index < -0.39 is 0 Å². The number of benzene rings is 3. The number of aromatic nitrogens is 3. The summed E-state index contributed by atoms with van der Waals surface area (Å²) < 4.78 is 8.00. The number of carbonyl (C=O) groups is 1. The van der Waals surface area contributed by atoms with Gasteiger partial charge in [0.25, 0.3) is 0 Å². The van der Waals surface area contributed by atoms with Crippen LogP contribution in [0, 0.1) is 0 Å². The molecule has 9 heteroatoms. The molecule has 1 amide bonds. The van der Waals surface area contributed by atoms with E-state index in [2.05, 4.69) is 31.4 Å². The van der Waals surface area contributed by atoms with Crippen LogP contribution in [-0.2, 0) is 4.79 Å². The number of carbonyl (C=O) groups excluding carboxylic acids is 1. The summed E-state index contributed by atoms with van der Waals surface area (Å²) in [6.07, 6.45) is 0. The normalized spacial score (nSPS) is 10.7. The van der Waals surface area contributed by atoms with Gasteiger partial charge in [-0.3, -0.25) is 9.36 Å². The van der Waals surface area contributed by atoms with E-state index in [9.17, 15) is 4.79 Å². The number of amides is 1. The molecule has 1 aromatic heterocycles. The molecule has 0 saturated heterocycles. The maximum Gasteiger partial charge on any atom is 0.234 e. The first kappa shape index (κ1) is 22.4. The van der Waals surface area contributed by atoms with Crippen molar-refractivity contribution in [1.29, 1.82) is 0 Å². The van der Waals surface area contributed by atoms with E-state index in [1.807, 2.05) is 59.2 Å². The number of halogens is 2. The highest BCUT2D eigenvalue weighted by atomic mass is 79.9. The van der Waals surface area contributed by atoms with Crippen molar-refractivity contribution in [1.82, 2.24) is 14.8 Å². The van der Waals surface area contributed by atoms with Crippen LogP contribution < -0.4 is 10.1 Å². The van der Waals surface area contributed by atoms with Crippen molar-refractivity contribution in [2.24, 2.45) is 0 Å². The van der Waals surface area contributed by atoms with E-state index in [0.29, 0.717) is 27.4 Å². The number of methoxy groups -OCH3 is 1. The van der Waals surface area contributed by atoms with Crippen molar-refractivity contribution in [2.75, 3.05) is 18.2 Å². The van der Waals surface area contributed by atoms with Crippen LogP contribution in [0.5, 0.6) is 5.75 Å². The predicted molar refractivity (Wildman–Crippen MR) is 132 cm³/mol. The predicted octanol–water partition coefficient (Wildman–Crippen LogP) is 6.09. The van der Waals surface area contributed by atoms with Gasteiger partial charge < -0.3 is 10.1 Å². The zero-order chi connectivity index (χ0) is 22.5. The Hall–Kier alpha value is -2.81. The van der Waals surface area contributed by atoms with Crippen molar-refractivity contribution >= 4 is 50.9 Å². The fourth-order valence-electron chi connectivity index (χ4n) is 3.06. The summed E-state index contributed by atoms with van der Waals surface area (Å²) in [5, 5.41) is 12.7. The summed E-state index contributed by atoms with van der Waals surface area (Å²) in [6, 6.07) is 22.7. The number of nitrogens with one attached hydrogen (secondary N) is 1. The van der Waals surface area contributed by atoms with Crippen LogP contribution >= 0.6 is 39.3 Å². The Balaban J connectivity index is 1.57. The fourth-order valence-corrected chi connectivity index (χ4v) is 4.53. The van der Waals surface area contributed by atoms with Crippen molar-refractivity contribution in [3.8, 4) is 22.8 Å². The lowest BCUT2D eigenvalue weighted by molar-refractivity contribution is -0.113. The van der Waals surface area contributed by atoms with Gasteiger partial charge >= 0.3 is 0 Å². The summed E-state index contributed by atoms with van der Waals surface area (Å²) >= 11 is 11.0. The number of anilines is 1. The highest BCUT2D eigenvalue weighted by Gasteiger charge is 2.18. The number of hydrogen-bond donors (Lipinski definition) is 1. The molecule has 0 aliphatic carbocycles. The second-order valence-electron chi connectivity index (χ2n) is 6.64. The third-order valence-electron chi connectivity index (χ3n) is 4.53. The molecule has 0 atom stereocenters. The lowest BCUT2D eigenvalue weighted by Crippen LogP contribution is -2.14. The molecular weight excluding hydrogens is 512 g/mol. The molecule has 0 spiro atoms. The largest absolute Gasteiger partial charge is 0.495 e. The molecule has 0 unspecified atom stereocenters. The number of nitrogens with zero attached hydrogens (tertiary/aromatic N) is 3. The van der Waals surface area contributed by atoms with Crippen molar-refractivity contribution in [3.05, 3.63) is 82.3 Å². The molecule has 0 aliphatic heterocycles. The lowest BCUT2D eigenvalue weighted by Gasteiger charge is -2.11. The number of thioether (sulfide) groups is 1. The first-order valence-corrected chi connectivity index (χ1v) is 11.7. The van der Waals surface area contributed by atoms with E-state index in [1.165, 1.54) is 11.8 Å². The zero-order valence-electron chi connectivity index (χ0n) is 17.0. The van der Waals surface area contributed by atoms with Gasteiger partial charge in [-0.05, 0) is 36.4 Å². The molecule has 1 heterocycles. The maximum absolute atomic E-state index is 12.6. The molecule has 162 valence electrons. The molecule has 6 nitrogen and oxygen atoms in total. The first-order chi connectivity index (χ1) is 15.6. The average Bonchev–Trinajstić information content (AvgIpc) is 3.22. The standard InChI is InChI=1S/C23H18BrClN4O2S/c1-31-20-12-11-15(13-19(20)25)26-21(30)14-32-23-28-27-22(17-9-5-6-10-18(17)24)29(23)16-7-3-2-4-8-16/h2-13H,14H2,1H3,(H,26,30). The average molecular weight is 530 g/mol. The molecule has 32 heavy (non-hydrogen) atoms. The Kier molecular flexibility index (Phi) is 7.14. The second-order valence-corrected chi connectivity index (χ2v) is 8.85. The van der Waals surface area contributed by atoms with E-state index >= 15 is 0 Å². The van der Waals surface area contributed by atoms with Crippen LogP contribution in [0.15, 0.2) is 82.4 Å². The smallest absolute Gasteiger partial charge is 0.234 e. The Morgan fingerprint density at radius 1 is 1.09 bits per heavy atom. The summed E-state index contributed by atoms with van der Waals surface area (Å²) in [5.74, 6) is 1.22. The minimum Gasteiger partial charge on any atom is -0.495 e. The molecule has 4 aromatic rings. The molecule has 0 saturated carbocycles. The van der Waals surface area contributed by atoms with Gasteiger partial charge in [-0.2, -0.15) is 0 Å². The first-order valence-electron chi connectivity index (χ1n) is 9.58. The van der Waals surface area contributed by atoms with Crippen LogP contribution in [0.2, 0.25) is 5.02 Å². The lowest BCUT2D eigenvalue weighted by atomic mass is 10.2. The molecule has 0 bridgehead atoms. The Morgan fingerprint density at radius 2 is 1.84 bits per heavy atom. The number of hydrogen-bond acceptors (Lipinski definition) is 5. The Morgan fingerprint density at radius 3 is 2.56 bits per heavy atom. The molecule has 1 N–H and O–H groups in total. The maximum atomic E-state index is 12.6. The van der Waals surface area contributed by atoms with Crippen molar-refractivity contribution in [3.63, 3.8) is 0 Å². The number of ether oxygens (including phenoxy) is 1. The molecule has 0 radical (unpaired) electrons. The van der Waals surface area contributed by atoms with Crippen LogP contribution in [-0.4, -0.2) is 33.5 Å². The zero-order valence-corrected chi connectivity index (χ0v) is 20.1. The van der Waals surface area contributed by atoms with Gasteiger partial charge in [0.05, 0.1) is 17.9 Å². The van der Waals surface area contributed by atoms with Crippen LogP contribution in [0.3, 0.4) is 0 Å². The molecule has 0 fully saturated rings. The fraction of sp³-hybridized carbons (Fsp3) is 0.0870. The van der Waals surface area contributed by atoms with Crippen molar-refractivity contribution in [2.45, 2.75) is 5.16 Å². The van der Waals surface area contributed by atoms with E-state index in [4.69, 9.17) is 16.3 Å². The highest BCUT2D eigenvalue weighted by molar-refractivity contribution is 9.10. The molecular formula is C23H18BrClN4O2S. The summed E-state index contributed by atoms with van der Waals surface area (Å²) in [6.45, 7) is 0. The summed E-state index contributed by atoms with van der Waals surface area (Å²) in [4.78, 5) is 12.6. The van der Waals surface area contributed by atoms with Gasteiger partial charge in [0.15, 0.2) is 11.0 Å². The van der Waals surface area contributed by atoms with Gasteiger partial charge in [-0.25, -0.2) is 0 Å². The van der Waals surface area contributed by atoms with Gasteiger partial charge in [0.2, 0.25) is 5.91 Å². The summed E-state index contributed by atoms with van der Waals surface area (Å²) in [5.41, 5.74) is 2.42. The molecule has 4 rings (SSSR count). The minimum atomic E-state index is -0.179. The quantitative estimate of drug-likeness (QED) is 0.293. The number of rotatable bonds is 7. The van der Waals surface area contributed by atoms with Crippen LogP contribution in [0.25, 0.3) is 17.1 Å². The monoisotopic (exact) mass is 528 g/mol. The second kappa shape index (κ2) is 10.2. The van der Waals surface area contributed by atoms with Crippen molar-refractivity contribution < 1.29 is 9.53 Å². The van der Waals surface area contributed by atoms with Gasteiger partial charge in [0.1, 0.15) is 5.75 Å². The van der Waals surface area contributed by atoms with Crippen LogP contribution in [0.1, 0.15) is 0 Å². The van der Waals surface area contributed by atoms with Gasteiger partial charge in [-0.1, -0.05) is 75.7 Å². The van der Waals surface area contributed by atoms with Gasteiger partial charge in [-0.15, -0.1) is 10.2 Å². The minimum absolute atomic E-state index is 0.157. The van der Waals surface area contributed by atoms with Gasteiger partial charge in [0, 0.05) is 21.4 Å². The Bertz CT molecular complexity index is 1250. The van der Waals surface area contributed by atoms with E-state index in [1.54, 1.807) is 25.3 Å². The highest BCUT2D eigenvalue weighted by Crippen LogP contribution is 2.32. The SMILES string of the molecule is COc1ccc(NC(=O)CSc2nnc(-c3ccccc3Br)n2-c2ccccc2)cc1Cl. The summed E-state index contributed by atoms with van der Waals surface area (Å²) in [7, 11) is 1.54. The Labute approximate surface area is 203 Å².